The Morgan fingerprint density at radius 1 is 1.07 bits per heavy atom. The Bertz CT molecular complexity index is 1160. The van der Waals surface area contributed by atoms with Crippen molar-refractivity contribution >= 4 is 38.6 Å². The molecule has 0 atom stereocenters. The molecule has 6 heteroatoms. The molecule has 0 saturated heterocycles. The summed E-state index contributed by atoms with van der Waals surface area (Å²) in [5, 5.41) is 7.12. The van der Waals surface area contributed by atoms with Crippen LogP contribution in [0.5, 0.6) is 5.75 Å². The summed E-state index contributed by atoms with van der Waals surface area (Å²) < 4.78 is 7.01. The normalized spacial score (nSPS) is 11.0. The first kappa shape index (κ1) is 20.3. The van der Waals surface area contributed by atoms with E-state index in [0.29, 0.717) is 6.61 Å². The molecule has 1 aromatic heterocycles. The molecule has 4 rings (SSSR count). The van der Waals surface area contributed by atoms with E-state index in [0.717, 1.165) is 37.7 Å². The minimum atomic E-state index is 0.504. The lowest BCUT2D eigenvalue weighted by molar-refractivity contribution is 0.305. The van der Waals surface area contributed by atoms with Crippen molar-refractivity contribution in [3.63, 3.8) is 0 Å². The van der Waals surface area contributed by atoms with Crippen molar-refractivity contribution in [3.05, 3.63) is 99.3 Å². The molecule has 3 aromatic carbocycles. The maximum atomic E-state index is 6.05. The summed E-state index contributed by atoms with van der Waals surface area (Å²) in [5.74, 6) is 0.773. The number of halogens is 1. The second kappa shape index (κ2) is 9.69. The molecule has 150 valence electrons. The summed E-state index contributed by atoms with van der Waals surface area (Å²) in [6, 6.07) is 24.3. The quantitative estimate of drug-likeness (QED) is 0.232. The lowest BCUT2D eigenvalue weighted by Crippen LogP contribution is -1.99. The third-order valence-corrected chi connectivity index (χ3v) is 5.63. The van der Waals surface area contributed by atoms with Crippen molar-refractivity contribution < 1.29 is 4.74 Å². The van der Waals surface area contributed by atoms with Gasteiger partial charge < -0.3 is 4.74 Å². The maximum Gasteiger partial charge on any atom is 0.203 e. The van der Waals surface area contributed by atoms with E-state index in [2.05, 4.69) is 56.6 Å². The number of benzene rings is 3. The van der Waals surface area contributed by atoms with Gasteiger partial charge in [-0.05, 0) is 30.7 Å². The predicted octanol–water partition coefficient (Wildman–Crippen LogP) is 6.91. The van der Waals surface area contributed by atoms with Gasteiger partial charge in [-0.3, -0.25) is 5.43 Å². The zero-order valence-electron chi connectivity index (χ0n) is 16.4. The second-order valence-electron chi connectivity index (χ2n) is 6.73. The number of aryl methyl sites for hydroxylation is 1. The van der Waals surface area contributed by atoms with Crippen LogP contribution in [0.15, 0.2) is 87.8 Å². The van der Waals surface area contributed by atoms with Crippen molar-refractivity contribution in [2.45, 2.75) is 13.5 Å². The van der Waals surface area contributed by atoms with Crippen LogP contribution >= 0.6 is 27.3 Å². The second-order valence-corrected chi connectivity index (χ2v) is 8.51. The molecule has 0 fully saturated rings. The van der Waals surface area contributed by atoms with Gasteiger partial charge >= 0.3 is 0 Å². The summed E-state index contributed by atoms with van der Waals surface area (Å²) >= 11 is 5.04. The predicted molar refractivity (Wildman–Crippen MR) is 128 cm³/mol. The van der Waals surface area contributed by atoms with E-state index < -0.39 is 0 Å². The Morgan fingerprint density at radius 3 is 2.77 bits per heavy atom. The first-order chi connectivity index (χ1) is 14.7. The van der Waals surface area contributed by atoms with Gasteiger partial charge in [0.15, 0.2) is 0 Å². The van der Waals surface area contributed by atoms with E-state index in [1.54, 1.807) is 6.21 Å². The lowest BCUT2D eigenvalue weighted by atomic mass is 10.1. The molecule has 0 aliphatic heterocycles. The van der Waals surface area contributed by atoms with Crippen molar-refractivity contribution in [3.8, 4) is 17.0 Å². The van der Waals surface area contributed by atoms with Gasteiger partial charge in [-0.1, -0.05) is 76.1 Å². The Kier molecular flexibility index (Phi) is 6.57. The highest BCUT2D eigenvalue weighted by Crippen LogP contribution is 2.25. The highest BCUT2D eigenvalue weighted by molar-refractivity contribution is 9.10. The number of ether oxygens (including phenoxy) is 1. The molecule has 0 bridgehead atoms. The summed E-state index contributed by atoms with van der Waals surface area (Å²) in [5.41, 5.74) is 8.27. The number of aromatic nitrogens is 1. The number of thiazole rings is 1. The zero-order chi connectivity index (χ0) is 20.8. The van der Waals surface area contributed by atoms with Gasteiger partial charge in [0.25, 0.3) is 0 Å². The maximum absolute atomic E-state index is 6.05. The molecule has 30 heavy (non-hydrogen) atoms. The number of nitrogens with zero attached hydrogens (tertiary/aromatic N) is 2. The molecule has 0 amide bonds. The van der Waals surface area contributed by atoms with E-state index in [1.807, 2.05) is 60.0 Å². The molecule has 0 aliphatic carbocycles. The Balaban J connectivity index is 1.44. The van der Waals surface area contributed by atoms with Crippen LogP contribution in [0, 0.1) is 6.92 Å². The Hall–Kier alpha value is -2.96. The summed E-state index contributed by atoms with van der Waals surface area (Å²) in [6.07, 6.45) is 1.75. The van der Waals surface area contributed by atoms with Crippen molar-refractivity contribution in [1.82, 2.24) is 4.98 Å². The van der Waals surface area contributed by atoms with Crippen LogP contribution in [0.2, 0.25) is 0 Å². The largest absolute Gasteiger partial charge is 0.488 e. The number of anilines is 1. The molecule has 1 heterocycles. The topological polar surface area (TPSA) is 46.5 Å². The molecule has 0 aliphatic rings. The summed E-state index contributed by atoms with van der Waals surface area (Å²) in [4.78, 5) is 4.59. The summed E-state index contributed by atoms with van der Waals surface area (Å²) in [7, 11) is 0. The minimum Gasteiger partial charge on any atom is -0.488 e. The van der Waals surface area contributed by atoms with E-state index in [-0.39, 0.29) is 0 Å². The third kappa shape index (κ3) is 5.34. The fourth-order valence-corrected chi connectivity index (χ4v) is 3.99. The fraction of sp³-hybridized carbons (Fsp3) is 0.0833. The first-order valence-corrected chi connectivity index (χ1v) is 11.1. The van der Waals surface area contributed by atoms with E-state index >= 15 is 0 Å². The number of hydrazone groups is 1. The molecular weight excluding hydrogens is 458 g/mol. The Labute approximate surface area is 188 Å². The number of hydrogen-bond donors (Lipinski definition) is 1. The number of nitrogens with one attached hydrogen (secondary N) is 1. The summed E-state index contributed by atoms with van der Waals surface area (Å²) in [6.45, 7) is 2.58. The van der Waals surface area contributed by atoms with Gasteiger partial charge in [-0.25, -0.2) is 4.98 Å². The van der Waals surface area contributed by atoms with Crippen LogP contribution in [-0.2, 0) is 6.61 Å². The van der Waals surface area contributed by atoms with Crippen molar-refractivity contribution in [2.75, 3.05) is 5.43 Å². The molecule has 0 saturated carbocycles. The highest BCUT2D eigenvalue weighted by atomic mass is 79.9. The molecule has 0 spiro atoms. The van der Waals surface area contributed by atoms with Gasteiger partial charge in [-0.2, -0.15) is 5.10 Å². The molecule has 1 N–H and O–H groups in total. The van der Waals surface area contributed by atoms with E-state index in [4.69, 9.17) is 4.74 Å². The molecule has 4 nitrogen and oxygen atoms in total. The number of rotatable bonds is 7. The van der Waals surface area contributed by atoms with E-state index in [9.17, 15) is 0 Å². The van der Waals surface area contributed by atoms with Crippen LogP contribution in [0.25, 0.3) is 11.3 Å². The van der Waals surface area contributed by atoms with Gasteiger partial charge in [0, 0.05) is 21.0 Å². The minimum absolute atomic E-state index is 0.504. The molecule has 0 unspecified atom stereocenters. The third-order valence-electron chi connectivity index (χ3n) is 4.39. The first-order valence-electron chi connectivity index (χ1n) is 9.45. The number of hydrogen-bond acceptors (Lipinski definition) is 5. The Morgan fingerprint density at radius 2 is 1.93 bits per heavy atom. The van der Waals surface area contributed by atoms with Crippen molar-refractivity contribution in [2.24, 2.45) is 5.10 Å². The fourth-order valence-electron chi connectivity index (χ4n) is 2.94. The highest BCUT2D eigenvalue weighted by Gasteiger charge is 2.05. The average Bonchev–Trinajstić information content (AvgIpc) is 3.23. The lowest BCUT2D eigenvalue weighted by Gasteiger charge is -2.10. The van der Waals surface area contributed by atoms with Crippen LogP contribution in [-0.4, -0.2) is 11.2 Å². The van der Waals surface area contributed by atoms with Crippen LogP contribution in [0.4, 0.5) is 5.13 Å². The standard InChI is InChI=1S/C24H20BrN3OS/c1-17-6-5-7-18(12-17)15-29-23-11-10-21(25)13-20(23)14-26-28-24-27-22(16-30-24)19-8-3-2-4-9-19/h2-14,16H,15H2,1H3,(H,27,28). The average molecular weight is 478 g/mol. The SMILES string of the molecule is Cc1cccc(COc2ccc(Br)cc2C=NNc2nc(-c3ccccc3)cs2)c1. The van der Waals surface area contributed by atoms with Gasteiger partial charge in [-0.15, -0.1) is 11.3 Å². The van der Waals surface area contributed by atoms with Crippen molar-refractivity contribution in [1.29, 1.82) is 0 Å². The van der Waals surface area contributed by atoms with Crippen LogP contribution < -0.4 is 10.2 Å². The van der Waals surface area contributed by atoms with Crippen LogP contribution in [0.3, 0.4) is 0 Å². The van der Waals surface area contributed by atoms with Gasteiger partial charge in [0.05, 0.1) is 11.9 Å². The molecular formula is C24H20BrN3OS. The zero-order valence-corrected chi connectivity index (χ0v) is 18.8. The molecule has 0 radical (unpaired) electrons. The van der Waals surface area contributed by atoms with Gasteiger partial charge in [0.1, 0.15) is 12.4 Å². The smallest absolute Gasteiger partial charge is 0.203 e. The monoisotopic (exact) mass is 477 g/mol. The van der Waals surface area contributed by atoms with Gasteiger partial charge in [0.2, 0.25) is 5.13 Å². The van der Waals surface area contributed by atoms with Crippen LogP contribution in [0.1, 0.15) is 16.7 Å². The molecule has 4 aromatic rings. The van der Waals surface area contributed by atoms with E-state index in [1.165, 1.54) is 16.9 Å².